The van der Waals surface area contributed by atoms with Crippen molar-refractivity contribution in [2.45, 2.75) is 12.8 Å². The number of aromatic nitrogens is 2. The van der Waals surface area contributed by atoms with E-state index >= 15 is 0 Å². The van der Waals surface area contributed by atoms with Gasteiger partial charge in [-0.2, -0.15) is 0 Å². The van der Waals surface area contributed by atoms with E-state index < -0.39 is 5.97 Å². The van der Waals surface area contributed by atoms with E-state index in [-0.39, 0.29) is 30.2 Å². The number of H-pyrrole nitrogens is 1. The number of fused-ring (bicyclic) bond motifs is 2. The Morgan fingerprint density at radius 1 is 1.19 bits per heavy atom. The second-order valence-corrected chi connectivity index (χ2v) is 4.62. The molecule has 0 spiro atoms. The summed E-state index contributed by atoms with van der Waals surface area (Å²) in [6.07, 6.45) is 0.0304. The lowest BCUT2D eigenvalue weighted by molar-refractivity contribution is -0.136. The van der Waals surface area contributed by atoms with Crippen LogP contribution in [0.4, 0.5) is 0 Å². The summed E-state index contributed by atoms with van der Waals surface area (Å²) in [6, 6.07) is 11.6. The van der Waals surface area contributed by atoms with Crippen LogP contribution in [0.3, 0.4) is 0 Å². The molecule has 3 rings (SSSR count). The first-order valence-electron chi connectivity index (χ1n) is 6.27. The normalized spacial score (nSPS) is 10.5. The van der Waals surface area contributed by atoms with Gasteiger partial charge in [0, 0.05) is 6.42 Å². The van der Waals surface area contributed by atoms with Crippen molar-refractivity contribution < 1.29 is 9.90 Å². The monoisotopic (exact) mass is 285 g/mol. The number of hydrogen-bond donors (Lipinski definition) is 3. The second-order valence-electron chi connectivity index (χ2n) is 4.62. The molecule has 0 atom stereocenters. The number of nitrogens with one attached hydrogen (secondary N) is 1. The highest BCUT2D eigenvalue weighted by Crippen LogP contribution is 2.19. The SMILES string of the molecule is N.O=C(O)CCc1nc2cc3ccccc3cc2[nH]c1=O. The lowest BCUT2D eigenvalue weighted by Gasteiger charge is -2.04. The molecule has 108 valence electrons. The summed E-state index contributed by atoms with van der Waals surface area (Å²) in [5.41, 5.74) is 1.26. The van der Waals surface area contributed by atoms with Gasteiger partial charge >= 0.3 is 5.97 Å². The predicted octanol–water partition coefficient (Wildman–Crippen LogP) is 2.26. The molecule has 0 saturated heterocycles. The van der Waals surface area contributed by atoms with Crippen LogP contribution in [-0.2, 0) is 11.2 Å². The van der Waals surface area contributed by atoms with Gasteiger partial charge in [0.1, 0.15) is 5.69 Å². The van der Waals surface area contributed by atoms with Crippen LogP contribution in [0.5, 0.6) is 0 Å². The fourth-order valence-corrected chi connectivity index (χ4v) is 2.21. The zero-order chi connectivity index (χ0) is 14.1. The van der Waals surface area contributed by atoms with Gasteiger partial charge in [-0.3, -0.25) is 9.59 Å². The summed E-state index contributed by atoms with van der Waals surface area (Å²) >= 11 is 0. The number of aliphatic carboxylic acids is 1. The van der Waals surface area contributed by atoms with Crippen LogP contribution < -0.4 is 11.7 Å². The first kappa shape index (κ1) is 14.7. The number of benzene rings is 2. The Hall–Kier alpha value is -2.73. The van der Waals surface area contributed by atoms with Gasteiger partial charge < -0.3 is 16.2 Å². The minimum Gasteiger partial charge on any atom is -0.481 e. The molecule has 0 aliphatic heterocycles. The van der Waals surface area contributed by atoms with Gasteiger partial charge in [-0.05, 0) is 22.9 Å². The van der Waals surface area contributed by atoms with Crippen molar-refractivity contribution in [1.29, 1.82) is 0 Å². The molecule has 0 aliphatic rings. The topological polar surface area (TPSA) is 118 Å². The Morgan fingerprint density at radius 2 is 1.86 bits per heavy atom. The number of carboxylic acid groups (broad SMARTS) is 1. The molecule has 0 radical (unpaired) electrons. The zero-order valence-corrected chi connectivity index (χ0v) is 11.3. The van der Waals surface area contributed by atoms with Gasteiger partial charge in [0.05, 0.1) is 17.5 Å². The first-order chi connectivity index (χ1) is 9.63. The maximum atomic E-state index is 11.9. The molecule has 2 aromatic carbocycles. The molecule has 0 fully saturated rings. The van der Waals surface area contributed by atoms with E-state index in [4.69, 9.17) is 5.11 Å². The number of nitrogens with zero attached hydrogens (tertiary/aromatic N) is 1. The molecule has 21 heavy (non-hydrogen) atoms. The minimum atomic E-state index is -0.940. The van der Waals surface area contributed by atoms with Crippen LogP contribution in [0, 0.1) is 0 Å². The van der Waals surface area contributed by atoms with E-state index in [1.165, 1.54) is 0 Å². The van der Waals surface area contributed by atoms with E-state index in [1.807, 2.05) is 36.4 Å². The van der Waals surface area contributed by atoms with Crippen LogP contribution in [0.15, 0.2) is 41.2 Å². The summed E-state index contributed by atoms with van der Waals surface area (Å²) in [5, 5.41) is 10.7. The lowest BCUT2D eigenvalue weighted by atomic mass is 10.1. The van der Waals surface area contributed by atoms with Gasteiger partial charge in [0.25, 0.3) is 5.56 Å². The van der Waals surface area contributed by atoms with Gasteiger partial charge in [-0.25, -0.2) is 4.98 Å². The Kier molecular flexibility index (Phi) is 4.00. The largest absolute Gasteiger partial charge is 0.481 e. The Balaban J connectivity index is 0.00000161. The standard InChI is InChI=1S/C15H12N2O3.H3N/c18-14(19)6-5-11-15(20)17-13-8-10-4-2-1-3-9(10)7-12(13)16-11;/h1-4,7-8H,5-6H2,(H,17,20)(H,18,19);1H3. The third-order valence-electron chi connectivity index (χ3n) is 3.21. The molecule has 6 nitrogen and oxygen atoms in total. The van der Waals surface area contributed by atoms with Crippen molar-refractivity contribution in [3.05, 3.63) is 52.4 Å². The summed E-state index contributed by atoms with van der Waals surface area (Å²) in [5.74, 6) is -0.940. The fourth-order valence-electron chi connectivity index (χ4n) is 2.21. The number of carbonyl (C=O) groups is 1. The Bertz CT molecular complexity index is 871. The van der Waals surface area contributed by atoms with E-state index in [1.54, 1.807) is 0 Å². The molecular formula is C15H15N3O3. The summed E-state index contributed by atoms with van der Waals surface area (Å²) in [4.78, 5) is 29.5. The average molecular weight is 285 g/mol. The number of aromatic amines is 1. The molecule has 0 bridgehead atoms. The molecule has 1 aromatic heterocycles. The van der Waals surface area contributed by atoms with Crippen LogP contribution in [-0.4, -0.2) is 21.0 Å². The van der Waals surface area contributed by atoms with E-state index in [2.05, 4.69) is 9.97 Å². The minimum absolute atomic E-state index is 0. The number of carboxylic acids is 1. The van der Waals surface area contributed by atoms with Crippen molar-refractivity contribution in [3.63, 3.8) is 0 Å². The van der Waals surface area contributed by atoms with Crippen molar-refractivity contribution in [2.75, 3.05) is 0 Å². The smallest absolute Gasteiger partial charge is 0.303 e. The predicted molar refractivity (Wildman–Crippen MR) is 80.8 cm³/mol. The van der Waals surface area contributed by atoms with Crippen molar-refractivity contribution >= 4 is 27.8 Å². The highest BCUT2D eigenvalue weighted by molar-refractivity contribution is 5.94. The van der Waals surface area contributed by atoms with Crippen LogP contribution in [0.25, 0.3) is 21.8 Å². The zero-order valence-electron chi connectivity index (χ0n) is 11.3. The maximum absolute atomic E-state index is 11.9. The highest BCUT2D eigenvalue weighted by atomic mass is 16.4. The molecule has 0 saturated carbocycles. The summed E-state index contributed by atoms with van der Waals surface area (Å²) < 4.78 is 0. The molecule has 6 heteroatoms. The average Bonchev–Trinajstić information content (AvgIpc) is 2.43. The second kappa shape index (κ2) is 5.72. The number of rotatable bonds is 3. The Labute approximate surface area is 120 Å². The summed E-state index contributed by atoms with van der Waals surface area (Å²) in [7, 11) is 0. The van der Waals surface area contributed by atoms with Gasteiger partial charge in [0.2, 0.25) is 0 Å². The van der Waals surface area contributed by atoms with Crippen molar-refractivity contribution in [1.82, 2.24) is 16.1 Å². The van der Waals surface area contributed by atoms with Gasteiger partial charge in [-0.1, -0.05) is 24.3 Å². The van der Waals surface area contributed by atoms with E-state index in [9.17, 15) is 9.59 Å². The first-order valence-corrected chi connectivity index (χ1v) is 6.27. The molecule has 5 N–H and O–H groups in total. The van der Waals surface area contributed by atoms with Crippen molar-refractivity contribution in [3.8, 4) is 0 Å². The maximum Gasteiger partial charge on any atom is 0.303 e. The lowest BCUT2D eigenvalue weighted by Crippen LogP contribution is -2.16. The molecule has 0 amide bonds. The van der Waals surface area contributed by atoms with Crippen LogP contribution >= 0.6 is 0 Å². The highest BCUT2D eigenvalue weighted by Gasteiger charge is 2.08. The van der Waals surface area contributed by atoms with Crippen LogP contribution in [0.1, 0.15) is 12.1 Å². The molecule has 1 heterocycles. The molecule has 0 unspecified atom stereocenters. The van der Waals surface area contributed by atoms with Gasteiger partial charge in [0.15, 0.2) is 0 Å². The van der Waals surface area contributed by atoms with Gasteiger partial charge in [-0.15, -0.1) is 0 Å². The number of aryl methyl sites for hydroxylation is 1. The third-order valence-corrected chi connectivity index (χ3v) is 3.21. The van der Waals surface area contributed by atoms with Crippen LogP contribution in [0.2, 0.25) is 0 Å². The number of hydrogen-bond acceptors (Lipinski definition) is 4. The molecule has 0 aliphatic carbocycles. The molecule has 3 aromatic rings. The third kappa shape index (κ3) is 2.90. The quantitative estimate of drug-likeness (QED) is 0.638. The fraction of sp³-hybridized carbons (Fsp3) is 0.133. The molecular weight excluding hydrogens is 270 g/mol. The van der Waals surface area contributed by atoms with Crippen molar-refractivity contribution in [2.24, 2.45) is 0 Å². The van der Waals surface area contributed by atoms with E-state index in [0.717, 1.165) is 10.8 Å². The van der Waals surface area contributed by atoms with E-state index in [0.29, 0.717) is 11.0 Å². The summed E-state index contributed by atoms with van der Waals surface area (Å²) in [6.45, 7) is 0. The Morgan fingerprint density at radius 3 is 2.52 bits per heavy atom.